The Bertz CT molecular complexity index is 770. The zero-order chi connectivity index (χ0) is 19.3. The molecule has 6 heteroatoms. The highest BCUT2D eigenvalue weighted by Crippen LogP contribution is 2.28. The highest BCUT2D eigenvalue weighted by Gasteiger charge is 2.26. The quantitative estimate of drug-likeness (QED) is 0.779. The number of carbonyl (C=O) groups is 2. The molecule has 1 aromatic rings. The van der Waals surface area contributed by atoms with Crippen LogP contribution in [0.25, 0.3) is 0 Å². The number of fused-ring (bicyclic) bond motifs is 1. The summed E-state index contributed by atoms with van der Waals surface area (Å²) in [6.45, 7) is 13.6. The van der Waals surface area contributed by atoms with E-state index in [9.17, 15) is 9.59 Å². The van der Waals surface area contributed by atoms with Gasteiger partial charge in [0.05, 0.1) is 17.9 Å². The standard InChI is InChI=1S/C20H26N4O2.2H2/c1-6-8-14(7-2)13-24-16-10-11-17(21-15(16)9-12-18(24)25)22-19(26)23-20(3,4)5;;/h6-8,10-11H,1-2,9,12-13H2,3-5H3,(H2,21,22,23,26);2*1H/b14-8+;;. The van der Waals surface area contributed by atoms with Crippen LogP contribution in [0, 0.1) is 0 Å². The van der Waals surface area contributed by atoms with Crippen LogP contribution in [0.15, 0.2) is 49.1 Å². The Morgan fingerprint density at radius 3 is 2.69 bits per heavy atom. The van der Waals surface area contributed by atoms with Gasteiger partial charge in [-0.15, -0.1) is 0 Å². The van der Waals surface area contributed by atoms with Crippen molar-refractivity contribution in [3.63, 3.8) is 0 Å². The zero-order valence-electron chi connectivity index (χ0n) is 15.6. The van der Waals surface area contributed by atoms with Crippen molar-refractivity contribution in [2.75, 3.05) is 16.8 Å². The predicted octanol–water partition coefficient (Wildman–Crippen LogP) is 4.07. The van der Waals surface area contributed by atoms with E-state index in [0.717, 1.165) is 17.0 Å². The first kappa shape index (κ1) is 19.4. The van der Waals surface area contributed by atoms with Gasteiger partial charge in [-0.1, -0.05) is 31.4 Å². The summed E-state index contributed by atoms with van der Waals surface area (Å²) in [6, 6.07) is 3.22. The largest absolute Gasteiger partial charge is 0.333 e. The van der Waals surface area contributed by atoms with E-state index in [4.69, 9.17) is 0 Å². The number of pyridine rings is 1. The van der Waals surface area contributed by atoms with E-state index >= 15 is 0 Å². The Morgan fingerprint density at radius 2 is 2.08 bits per heavy atom. The predicted molar refractivity (Wildman–Crippen MR) is 110 cm³/mol. The summed E-state index contributed by atoms with van der Waals surface area (Å²) >= 11 is 0. The number of urea groups is 1. The van der Waals surface area contributed by atoms with Crippen LogP contribution < -0.4 is 15.5 Å². The van der Waals surface area contributed by atoms with Crippen molar-refractivity contribution in [2.45, 2.75) is 39.2 Å². The van der Waals surface area contributed by atoms with Gasteiger partial charge < -0.3 is 10.2 Å². The number of nitrogens with one attached hydrogen (secondary N) is 2. The first-order valence-corrected chi connectivity index (χ1v) is 8.57. The molecule has 1 aliphatic rings. The van der Waals surface area contributed by atoms with E-state index in [1.54, 1.807) is 23.1 Å². The van der Waals surface area contributed by atoms with Crippen molar-refractivity contribution in [3.05, 3.63) is 54.8 Å². The number of anilines is 2. The molecule has 3 amide bonds. The molecule has 1 aromatic heterocycles. The maximum absolute atomic E-state index is 12.4. The summed E-state index contributed by atoms with van der Waals surface area (Å²) in [5.41, 5.74) is 2.12. The lowest BCUT2D eigenvalue weighted by Crippen LogP contribution is -2.43. The van der Waals surface area contributed by atoms with Crippen LogP contribution in [0.3, 0.4) is 0 Å². The molecule has 0 aliphatic carbocycles. The number of hydrogen-bond donors (Lipinski definition) is 2. The molecule has 0 fully saturated rings. The number of aromatic nitrogens is 1. The van der Waals surface area contributed by atoms with Crippen molar-refractivity contribution in [3.8, 4) is 0 Å². The van der Waals surface area contributed by atoms with Crippen LogP contribution >= 0.6 is 0 Å². The molecule has 2 rings (SSSR count). The monoisotopic (exact) mass is 358 g/mol. The maximum Gasteiger partial charge on any atom is 0.320 e. The summed E-state index contributed by atoms with van der Waals surface area (Å²) < 4.78 is 0. The van der Waals surface area contributed by atoms with E-state index in [1.807, 2.05) is 32.9 Å². The van der Waals surface area contributed by atoms with Gasteiger partial charge in [-0.25, -0.2) is 9.78 Å². The first-order valence-electron chi connectivity index (χ1n) is 8.57. The van der Waals surface area contributed by atoms with Gasteiger partial charge in [-0.2, -0.15) is 0 Å². The average Bonchev–Trinajstić information content (AvgIpc) is 2.54. The summed E-state index contributed by atoms with van der Waals surface area (Å²) in [6.07, 6.45) is 6.15. The third kappa shape index (κ3) is 5.05. The molecule has 0 saturated heterocycles. The molecule has 0 saturated carbocycles. The molecule has 0 aromatic carbocycles. The third-order valence-corrected chi connectivity index (χ3v) is 3.78. The minimum absolute atomic E-state index is 0. The highest BCUT2D eigenvalue weighted by atomic mass is 16.2. The second-order valence-corrected chi connectivity index (χ2v) is 7.15. The summed E-state index contributed by atoms with van der Waals surface area (Å²) in [5.74, 6) is 0.507. The number of rotatable bonds is 5. The molecule has 26 heavy (non-hydrogen) atoms. The molecular formula is C20H30N4O2. The number of carbonyl (C=O) groups excluding carboxylic acids is 2. The minimum Gasteiger partial charge on any atom is -0.333 e. The van der Waals surface area contributed by atoms with Gasteiger partial charge >= 0.3 is 6.03 Å². The molecular weight excluding hydrogens is 328 g/mol. The normalized spacial score (nSPS) is 14.5. The van der Waals surface area contributed by atoms with Gasteiger partial charge in [0.2, 0.25) is 5.91 Å². The van der Waals surface area contributed by atoms with Gasteiger partial charge in [-0.3, -0.25) is 10.1 Å². The summed E-state index contributed by atoms with van der Waals surface area (Å²) in [5, 5.41) is 5.57. The van der Waals surface area contributed by atoms with E-state index in [1.165, 1.54) is 0 Å². The number of amides is 3. The van der Waals surface area contributed by atoms with Gasteiger partial charge in [0.25, 0.3) is 0 Å². The average molecular weight is 358 g/mol. The lowest BCUT2D eigenvalue weighted by Gasteiger charge is -2.29. The van der Waals surface area contributed by atoms with Crippen molar-refractivity contribution in [2.24, 2.45) is 0 Å². The van der Waals surface area contributed by atoms with Gasteiger partial charge in [0.1, 0.15) is 5.82 Å². The highest BCUT2D eigenvalue weighted by molar-refractivity contribution is 5.97. The fourth-order valence-corrected chi connectivity index (χ4v) is 2.67. The molecule has 6 nitrogen and oxygen atoms in total. The van der Waals surface area contributed by atoms with E-state index < -0.39 is 0 Å². The Balaban J connectivity index is 0.00000364. The van der Waals surface area contributed by atoms with E-state index in [0.29, 0.717) is 25.2 Å². The molecule has 0 unspecified atom stereocenters. The van der Waals surface area contributed by atoms with Crippen LogP contribution in [0.2, 0.25) is 0 Å². The van der Waals surface area contributed by atoms with E-state index in [2.05, 4.69) is 28.8 Å². The first-order chi connectivity index (χ1) is 12.2. The lowest BCUT2D eigenvalue weighted by molar-refractivity contribution is -0.118. The minimum atomic E-state index is -0.333. The second kappa shape index (κ2) is 7.99. The fraction of sp³-hybridized carbons (Fsp3) is 0.350. The number of hydrogen-bond acceptors (Lipinski definition) is 3. The Labute approximate surface area is 157 Å². The molecule has 2 heterocycles. The molecule has 2 N–H and O–H groups in total. The third-order valence-electron chi connectivity index (χ3n) is 3.78. The smallest absolute Gasteiger partial charge is 0.320 e. The Morgan fingerprint density at radius 1 is 1.35 bits per heavy atom. The topological polar surface area (TPSA) is 74.3 Å². The van der Waals surface area contributed by atoms with Crippen LogP contribution in [-0.4, -0.2) is 29.0 Å². The molecule has 1 aliphatic heterocycles. The lowest BCUT2D eigenvalue weighted by atomic mass is 10.1. The van der Waals surface area contributed by atoms with Crippen molar-refractivity contribution >= 4 is 23.4 Å². The number of aryl methyl sites for hydroxylation is 1. The Kier molecular flexibility index (Phi) is 5.97. The maximum atomic E-state index is 12.4. The van der Waals surface area contributed by atoms with Crippen LogP contribution in [0.1, 0.15) is 35.7 Å². The number of allylic oxidation sites excluding steroid dienone is 2. The van der Waals surface area contributed by atoms with E-state index in [-0.39, 0.29) is 20.3 Å². The van der Waals surface area contributed by atoms with Crippen LogP contribution in [0.4, 0.5) is 16.3 Å². The molecule has 0 spiro atoms. The van der Waals surface area contributed by atoms with Crippen molar-refractivity contribution in [1.29, 1.82) is 0 Å². The fourth-order valence-electron chi connectivity index (χ4n) is 2.67. The second-order valence-electron chi connectivity index (χ2n) is 7.15. The Hall–Kier alpha value is -2.89. The molecule has 142 valence electrons. The van der Waals surface area contributed by atoms with Crippen molar-refractivity contribution in [1.82, 2.24) is 10.3 Å². The molecule has 0 atom stereocenters. The van der Waals surface area contributed by atoms with Gasteiger partial charge in [-0.05, 0) is 38.5 Å². The van der Waals surface area contributed by atoms with Crippen molar-refractivity contribution < 1.29 is 12.4 Å². The van der Waals surface area contributed by atoms with Crippen LogP contribution in [0.5, 0.6) is 0 Å². The number of nitrogens with zero attached hydrogens (tertiary/aromatic N) is 2. The SMILES string of the molecule is C=C/C=C(\C=C)CN1C(=O)CCc2nc(NC(=O)NC(C)(C)C)ccc21.[HH].[HH]. The zero-order valence-corrected chi connectivity index (χ0v) is 15.6. The van der Waals surface area contributed by atoms with Gasteiger partial charge in [0, 0.05) is 21.2 Å². The molecule has 0 radical (unpaired) electrons. The summed E-state index contributed by atoms with van der Waals surface area (Å²) in [4.78, 5) is 30.6. The molecule has 0 bridgehead atoms. The van der Waals surface area contributed by atoms with Crippen LogP contribution in [-0.2, 0) is 11.2 Å². The van der Waals surface area contributed by atoms with Gasteiger partial charge in [0.15, 0.2) is 0 Å². The summed E-state index contributed by atoms with van der Waals surface area (Å²) in [7, 11) is 0.